The second kappa shape index (κ2) is 8.48. The van der Waals surface area contributed by atoms with Gasteiger partial charge in [-0.2, -0.15) is 0 Å². The van der Waals surface area contributed by atoms with E-state index in [-0.39, 0.29) is 40.1 Å². The lowest BCUT2D eigenvalue weighted by Gasteiger charge is -2.29. The van der Waals surface area contributed by atoms with Crippen LogP contribution in [0.3, 0.4) is 0 Å². The topological polar surface area (TPSA) is 98.9 Å². The highest BCUT2D eigenvalue weighted by Gasteiger charge is 2.49. The highest BCUT2D eigenvalue weighted by atomic mass is 35.5. The molecule has 0 saturated heterocycles. The summed E-state index contributed by atoms with van der Waals surface area (Å²) in [6.45, 7) is 4.44. The number of unbranched alkanes of at least 4 members (excludes halogenated alkanes) is 2. The maximum Gasteiger partial charge on any atom is 0.330 e. The van der Waals surface area contributed by atoms with E-state index in [2.05, 4.69) is 0 Å². The normalized spacial score (nSPS) is 19.3. The molecule has 0 bridgehead atoms. The zero-order chi connectivity index (χ0) is 19.5. The van der Waals surface area contributed by atoms with Gasteiger partial charge in [0.15, 0.2) is 11.5 Å². The summed E-state index contributed by atoms with van der Waals surface area (Å²) in [6, 6.07) is 0. The first-order valence-corrected chi connectivity index (χ1v) is 9.26. The summed E-state index contributed by atoms with van der Waals surface area (Å²) in [5, 5.41) is 28.7. The molecular weight excluding hydrogens is 383 g/mol. The molecule has 0 aromatic heterocycles. The summed E-state index contributed by atoms with van der Waals surface area (Å²) in [5.74, 6) is -3.89. The molecule has 1 aromatic carbocycles. The number of aromatic hydroxyl groups is 2. The fraction of sp³-hybridized carbons (Fsp3) is 0.500. The second-order valence-corrected chi connectivity index (χ2v) is 6.81. The van der Waals surface area contributed by atoms with Gasteiger partial charge in [0, 0.05) is 0 Å². The van der Waals surface area contributed by atoms with Crippen molar-refractivity contribution in [3.63, 3.8) is 0 Å². The van der Waals surface area contributed by atoms with Crippen molar-refractivity contribution in [2.75, 3.05) is 13.2 Å². The summed E-state index contributed by atoms with van der Waals surface area (Å²) >= 11 is 11.9. The van der Waals surface area contributed by atoms with Crippen molar-refractivity contribution >= 4 is 29.0 Å². The lowest BCUT2D eigenvalue weighted by atomic mass is 9.88. The van der Waals surface area contributed by atoms with Crippen LogP contribution in [0, 0.1) is 0 Å². The Balaban J connectivity index is 2.59. The van der Waals surface area contributed by atoms with Crippen molar-refractivity contribution in [3.05, 3.63) is 33.0 Å². The molecule has 0 amide bonds. The lowest BCUT2D eigenvalue weighted by Crippen LogP contribution is -2.35. The summed E-state index contributed by atoms with van der Waals surface area (Å²) < 4.78 is 11.1. The van der Waals surface area contributed by atoms with Gasteiger partial charge in [0.2, 0.25) is 5.78 Å². The van der Waals surface area contributed by atoms with Crippen molar-refractivity contribution in [1.82, 2.24) is 0 Å². The van der Waals surface area contributed by atoms with Crippen LogP contribution in [0.25, 0.3) is 0 Å². The van der Waals surface area contributed by atoms with Crippen LogP contribution in [0.1, 0.15) is 55.5 Å². The minimum Gasteiger partial charge on any atom is -0.506 e. The van der Waals surface area contributed by atoms with Gasteiger partial charge in [0.25, 0.3) is 0 Å². The summed E-state index contributed by atoms with van der Waals surface area (Å²) in [7, 11) is 0. The second-order valence-electron chi connectivity index (χ2n) is 6.05. The average molecular weight is 406 g/mol. The first-order chi connectivity index (χ1) is 12.3. The Morgan fingerprint density at radius 3 is 2.27 bits per heavy atom. The van der Waals surface area contributed by atoms with Gasteiger partial charge in [-0.1, -0.05) is 49.9 Å². The van der Waals surface area contributed by atoms with E-state index in [0.717, 1.165) is 19.3 Å². The number of phenols is 2. The van der Waals surface area contributed by atoms with Gasteiger partial charge in [-0.15, -0.1) is 0 Å². The molecule has 0 saturated carbocycles. The van der Waals surface area contributed by atoms with E-state index in [1.807, 2.05) is 13.8 Å². The van der Waals surface area contributed by atoms with Gasteiger partial charge in [-0.05, 0) is 12.8 Å². The minimum atomic E-state index is -1.93. The Hall–Kier alpha value is -1.47. The summed E-state index contributed by atoms with van der Waals surface area (Å²) in [4.78, 5) is 12.8. The number of hydrogen-bond donors (Lipinski definition) is 2. The fourth-order valence-corrected chi connectivity index (χ4v) is 2.99. The highest BCUT2D eigenvalue weighted by Crippen LogP contribution is 2.51. The molecule has 6 nitrogen and oxygen atoms in total. The number of halogens is 2. The van der Waals surface area contributed by atoms with Crippen LogP contribution >= 0.6 is 23.2 Å². The Labute approximate surface area is 161 Å². The highest BCUT2D eigenvalue weighted by molar-refractivity contribution is 6.44. The van der Waals surface area contributed by atoms with Crippen molar-refractivity contribution in [1.29, 1.82) is 0 Å². The van der Waals surface area contributed by atoms with E-state index in [4.69, 9.17) is 37.8 Å². The number of rotatable bonds is 8. The first-order valence-electron chi connectivity index (χ1n) is 8.51. The molecule has 0 heterocycles. The van der Waals surface area contributed by atoms with Crippen LogP contribution in [0.15, 0.2) is 11.8 Å². The van der Waals surface area contributed by atoms with Gasteiger partial charge < -0.3 is 24.8 Å². The number of carbonyl (C=O) groups excluding carboxylic acids is 1. The van der Waals surface area contributed by atoms with E-state index in [1.165, 1.54) is 6.08 Å². The molecule has 8 heteroatoms. The van der Waals surface area contributed by atoms with Crippen LogP contribution in [-0.4, -0.2) is 34.3 Å². The predicted octanol–water partition coefficient (Wildman–Crippen LogP) is 4.00. The Kier molecular flexibility index (Phi) is 6.80. The third-order valence-electron chi connectivity index (χ3n) is 4.07. The zero-order valence-corrected chi connectivity index (χ0v) is 16.2. The SMILES string of the molecule is CCCCOC1=CC([OH2+])(OCCCC)c2c(O)c(Cl)c(Cl)c(O)c2C1=O. The third-order valence-corrected chi connectivity index (χ3v) is 4.90. The van der Waals surface area contributed by atoms with Crippen molar-refractivity contribution in [2.45, 2.75) is 45.3 Å². The van der Waals surface area contributed by atoms with E-state index >= 15 is 0 Å². The number of allylic oxidation sites excluding steroid dienone is 1. The largest absolute Gasteiger partial charge is 0.506 e. The molecule has 1 aliphatic carbocycles. The van der Waals surface area contributed by atoms with Gasteiger partial charge in [0.05, 0.1) is 24.9 Å². The van der Waals surface area contributed by atoms with Crippen molar-refractivity contribution < 1.29 is 29.6 Å². The number of benzene rings is 1. The Bertz CT molecular complexity index is 731. The molecule has 1 aliphatic rings. The Morgan fingerprint density at radius 2 is 1.65 bits per heavy atom. The van der Waals surface area contributed by atoms with Gasteiger partial charge in [0.1, 0.15) is 21.4 Å². The predicted molar refractivity (Wildman–Crippen MR) is 99.2 cm³/mol. The van der Waals surface area contributed by atoms with Crippen LogP contribution < -0.4 is 0 Å². The molecule has 0 aliphatic heterocycles. The van der Waals surface area contributed by atoms with Crippen LogP contribution in [0.5, 0.6) is 11.5 Å². The number of fused-ring (bicyclic) bond motifs is 1. The molecule has 1 unspecified atom stereocenters. The van der Waals surface area contributed by atoms with E-state index in [1.54, 1.807) is 0 Å². The third kappa shape index (κ3) is 3.78. The molecule has 1 aromatic rings. The number of phenolic OH excluding ortho intramolecular Hbond substituents is 2. The molecule has 1 atom stereocenters. The first kappa shape index (κ1) is 20.8. The standard InChI is InChI=1S/C18H22Cl2O6/c1-3-5-7-25-10-9-18(24,26-8-6-4-2)12-11(15(10)21)16(22)13(19)14(20)17(12)23/h9,22-24H,3-8H2,1-2H3/p+1. The maximum absolute atomic E-state index is 12.8. The molecule has 0 spiro atoms. The zero-order valence-electron chi connectivity index (χ0n) is 14.7. The van der Waals surface area contributed by atoms with Crippen LogP contribution in [-0.2, 0) is 15.3 Å². The van der Waals surface area contributed by atoms with Crippen molar-refractivity contribution in [2.24, 2.45) is 0 Å². The summed E-state index contributed by atoms with van der Waals surface area (Å²) in [6.07, 6.45) is 4.30. The minimum absolute atomic E-state index is 0.120. The van der Waals surface area contributed by atoms with Crippen LogP contribution in [0.2, 0.25) is 10.0 Å². The lowest BCUT2D eigenvalue weighted by molar-refractivity contribution is -0.178. The number of carbonyl (C=O) groups is 1. The number of Topliss-reactive ketones (excluding diaryl/α,β-unsaturated/α-hetero) is 1. The molecule has 0 fully saturated rings. The van der Waals surface area contributed by atoms with Crippen LogP contribution in [0.4, 0.5) is 0 Å². The van der Waals surface area contributed by atoms with Crippen molar-refractivity contribution in [3.8, 4) is 11.5 Å². The smallest absolute Gasteiger partial charge is 0.330 e. The monoisotopic (exact) mass is 405 g/mol. The molecule has 26 heavy (non-hydrogen) atoms. The number of ether oxygens (including phenoxy) is 2. The number of hydrogen-bond acceptors (Lipinski definition) is 5. The van der Waals surface area contributed by atoms with E-state index in [0.29, 0.717) is 6.42 Å². The molecule has 0 radical (unpaired) electrons. The van der Waals surface area contributed by atoms with E-state index < -0.39 is 23.1 Å². The molecule has 144 valence electrons. The number of ketones is 1. The molecular formula is C18H23Cl2O6+. The Morgan fingerprint density at radius 1 is 1.08 bits per heavy atom. The van der Waals surface area contributed by atoms with Gasteiger partial charge >= 0.3 is 5.79 Å². The van der Waals surface area contributed by atoms with Gasteiger partial charge in [-0.25, -0.2) is 0 Å². The van der Waals surface area contributed by atoms with Gasteiger partial charge in [-0.3, -0.25) is 4.79 Å². The molecule has 4 N–H and O–H groups in total. The summed E-state index contributed by atoms with van der Waals surface area (Å²) in [5.41, 5.74) is -0.550. The molecule has 2 rings (SSSR count). The van der Waals surface area contributed by atoms with E-state index in [9.17, 15) is 15.0 Å². The maximum atomic E-state index is 12.8. The quantitative estimate of drug-likeness (QED) is 0.294. The fourth-order valence-electron chi connectivity index (χ4n) is 2.62. The average Bonchev–Trinajstić information content (AvgIpc) is 2.61.